The quantitative estimate of drug-likeness (QED) is 0.829. The van der Waals surface area contributed by atoms with Gasteiger partial charge in [-0.05, 0) is 31.7 Å². The highest BCUT2D eigenvalue weighted by atomic mass is 32.2. The fraction of sp³-hybridized carbons (Fsp3) is 0.812. The first kappa shape index (κ1) is 16.9. The van der Waals surface area contributed by atoms with Gasteiger partial charge in [-0.1, -0.05) is 26.2 Å². The molecule has 2 aliphatic rings. The van der Waals surface area contributed by atoms with Crippen LogP contribution >= 0.6 is 0 Å². The van der Waals surface area contributed by atoms with Gasteiger partial charge in [0.1, 0.15) is 5.82 Å². The van der Waals surface area contributed by atoms with Crippen molar-refractivity contribution in [2.24, 2.45) is 5.92 Å². The van der Waals surface area contributed by atoms with Crippen molar-refractivity contribution < 1.29 is 8.42 Å². The van der Waals surface area contributed by atoms with E-state index in [-0.39, 0.29) is 5.03 Å². The number of nitrogens with one attached hydrogen (secondary N) is 2. The summed E-state index contributed by atoms with van der Waals surface area (Å²) in [4.78, 5) is 9.51. The lowest BCUT2D eigenvalue weighted by molar-refractivity contribution is 0.185. The van der Waals surface area contributed by atoms with Gasteiger partial charge in [0.2, 0.25) is 0 Å². The van der Waals surface area contributed by atoms with Crippen LogP contribution in [0, 0.1) is 5.92 Å². The van der Waals surface area contributed by atoms with Crippen LogP contribution in [0.25, 0.3) is 0 Å². The van der Waals surface area contributed by atoms with E-state index in [1.54, 1.807) is 0 Å². The molecule has 7 heteroatoms. The zero-order chi connectivity index (χ0) is 16.3. The smallest absolute Gasteiger partial charge is 0.257 e. The van der Waals surface area contributed by atoms with Crippen molar-refractivity contribution in [3.63, 3.8) is 0 Å². The van der Waals surface area contributed by atoms with Crippen molar-refractivity contribution in [1.82, 2.24) is 19.6 Å². The van der Waals surface area contributed by atoms with Gasteiger partial charge in [0.05, 0.1) is 6.20 Å². The first-order valence-electron chi connectivity index (χ1n) is 8.86. The average Bonchev–Trinajstić information content (AvgIpc) is 3.23. The van der Waals surface area contributed by atoms with Crippen molar-refractivity contribution in [1.29, 1.82) is 0 Å². The van der Waals surface area contributed by atoms with Crippen LogP contribution in [0.2, 0.25) is 0 Å². The molecule has 3 rings (SSSR count). The maximum Gasteiger partial charge on any atom is 0.257 e. The van der Waals surface area contributed by atoms with Crippen molar-refractivity contribution in [3.05, 3.63) is 12.0 Å². The second-order valence-corrected chi connectivity index (χ2v) is 8.58. The lowest BCUT2D eigenvalue weighted by atomic mass is 9.94. The fourth-order valence-electron chi connectivity index (χ4n) is 3.77. The minimum atomic E-state index is -3.47. The van der Waals surface area contributed by atoms with Crippen LogP contribution in [0.3, 0.4) is 0 Å². The second-order valence-electron chi connectivity index (χ2n) is 6.84. The number of hydrogen-bond donors (Lipinski definition) is 2. The van der Waals surface area contributed by atoms with Crippen LogP contribution in [-0.4, -0.2) is 49.0 Å². The van der Waals surface area contributed by atoms with Crippen LogP contribution in [-0.2, 0) is 16.4 Å². The van der Waals surface area contributed by atoms with E-state index in [2.05, 4.69) is 19.6 Å². The Kier molecular flexibility index (Phi) is 5.38. The number of sulfonamides is 1. The number of imidazole rings is 1. The van der Waals surface area contributed by atoms with E-state index in [1.165, 1.54) is 38.3 Å². The van der Waals surface area contributed by atoms with Gasteiger partial charge in [-0.2, -0.15) is 0 Å². The van der Waals surface area contributed by atoms with Crippen LogP contribution in [0.4, 0.5) is 0 Å². The Hall–Kier alpha value is -0.920. The van der Waals surface area contributed by atoms with E-state index >= 15 is 0 Å². The van der Waals surface area contributed by atoms with Gasteiger partial charge >= 0.3 is 0 Å². The summed E-state index contributed by atoms with van der Waals surface area (Å²) in [5, 5.41) is 0.177. The van der Waals surface area contributed by atoms with E-state index < -0.39 is 10.0 Å². The van der Waals surface area contributed by atoms with Gasteiger partial charge in [0, 0.05) is 25.6 Å². The highest BCUT2D eigenvalue weighted by molar-refractivity contribution is 7.89. The predicted molar refractivity (Wildman–Crippen MR) is 89.7 cm³/mol. The molecular formula is C16H28N4O2S. The predicted octanol–water partition coefficient (Wildman–Crippen LogP) is 1.90. The Morgan fingerprint density at radius 3 is 2.78 bits per heavy atom. The molecule has 0 bridgehead atoms. The highest BCUT2D eigenvalue weighted by Crippen LogP contribution is 2.27. The molecular weight excluding hydrogens is 312 g/mol. The summed E-state index contributed by atoms with van der Waals surface area (Å²) in [6.45, 7) is 4.60. The summed E-state index contributed by atoms with van der Waals surface area (Å²) in [7, 11) is -3.47. The molecule has 0 radical (unpaired) electrons. The molecule has 23 heavy (non-hydrogen) atoms. The fourth-order valence-corrected chi connectivity index (χ4v) is 4.83. The van der Waals surface area contributed by atoms with Gasteiger partial charge in [-0.15, -0.1) is 0 Å². The lowest BCUT2D eigenvalue weighted by Crippen LogP contribution is -2.36. The zero-order valence-corrected chi connectivity index (χ0v) is 14.7. The molecule has 1 aliphatic carbocycles. The molecule has 1 aliphatic heterocycles. The van der Waals surface area contributed by atoms with Crippen LogP contribution in [0.15, 0.2) is 11.2 Å². The molecule has 0 aromatic carbocycles. The summed E-state index contributed by atoms with van der Waals surface area (Å²) in [5.74, 6) is 1.12. The molecule has 0 amide bonds. The summed E-state index contributed by atoms with van der Waals surface area (Å²) >= 11 is 0. The zero-order valence-electron chi connectivity index (χ0n) is 13.9. The molecule has 0 spiro atoms. The average molecular weight is 340 g/mol. The van der Waals surface area contributed by atoms with E-state index in [4.69, 9.17) is 0 Å². The van der Waals surface area contributed by atoms with Gasteiger partial charge < -0.3 is 9.88 Å². The van der Waals surface area contributed by atoms with Crippen molar-refractivity contribution in [3.8, 4) is 0 Å². The molecule has 2 N–H and O–H groups in total. The molecule has 2 heterocycles. The number of nitrogens with zero attached hydrogens (tertiary/aromatic N) is 2. The Morgan fingerprint density at radius 2 is 2.09 bits per heavy atom. The van der Waals surface area contributed by atoms with Gasteiger partial charge in [0.25, 0.3) is 10.0 Å². The summed E-state index contributed by atoms with van der Waals surface area (Å²) in [6, 6.07) is 0.727. The highest BCUT2D eigenvalue weighted by Gasteiger charge is 2.30. The molecule has 1 aromatic rings. The van der Waals surface area contributed by atoms with Crippen molar-refractivity contribution in [2.75, 3.05) is 19.6 Å². The summed E-state index contributed by atoms with van der Waals surface area (Å²) in [5.41, 5.74) is 0. The van der Waals surface area contributed by atoms with Crippen molar-refractivity contribution >= 4 is 10.0 Å². The van der Waals surface area contributed by atoms with Crippen LogP contribution < -0.4 is 4.72 Å². The van der Waals surface area contributed by atoms with Crippen molar-refractivity contribution in [2.45, 2.75) is 62.9 Å². The Morgan fingerprint density at radius 1 is 1.30 bits per heavy atom. The third-order valence-corrected chi connectivity index (χ3v) is 6.53. The van der Waals surface area contributed by atoms with Gasteiger partial charge in [-0.3, -0.25) is 0 Å². The maximum atomic E-state index is 12.3. The minimum absolute atomic E-state index is 0.177. The monoisotopic (exact) mass is 340 g/mol. The molecule has 1 unspecified atom stereocenters. The van der Waals surface area contributed by atoms with Crippen LogP contribution in [0.1, 0.15) is 51.3 Å². The standard InChI is InChI=1S/C16H28N4O2S/c1-2-15-17-11-16(19-15)23(21,22)18-10-13-8-9-20(12-13)14-6-4-3-5-7-14/h11,13-14,18H,2-10,12H2,1H3,(H,17,19). The summed E-state index contributed by atoms with van der Waals surface area (Å²) in [6.07, 6.45) is 9.88. The number of aromatic nitrogens is 2. The molecule has 2 fully saturated rings. The SMILES string of the molecule is CCc1ncc(S(=O)(=O)NCC2CCN(C3CCCCC3)C2)[nH]1. The first-order chi connectivity index (χ1) is 11.1. The molecule has 130 valence electrons. The Labute approximate surface area is 139 Å². The summed E-state index contributed by atoms with van der Waals surface area (Å²) < 4.78 is 27.4. The normalized spacial score (nSPS) is 24.3. The number of aromatic amines is 1. The Bertz CT molecular complexity index is 607. The van der Waals surface area contributed by atoms with Gasteiger partial charge in [0.15, 0.2) is 5.03 Å². The maximum absolute atomic E-state index is 12.3. The minimum Gasteiger partial charge on any atom is -0.332 e. The van der Waals surface area contributed by atoms with E-state index in [0.29, 0.717) is 24.7 Å². The number of aryl methyl sites for hydroxylation is 1. The molecule has 6 nitrogen and oxygen atoms in total. The molecule has 1 saturated heterocycles. The number of H-pyrrole nitrogens is 1. The number of rotatable bonds is 6. The molecule has 1 atom stereocenters. The number of hydrogen-bond acceptors (Lipinski definition) is 4. The van der Waals surface area contributed by atoms with Crippen LogP contribution in [0.5, 0.6) is 0 Å². The Balaban J connectivity index is 1.50. The first-order valence-corrected chi connectivity index (χ1v) is 10.3. The van der Waals surface area contributed by atoms with E-state index in [9.17, 15) is 8.42 Å². The molecule has 1 aromatic heterocycles. The lowest BCUT2D eigenvalue weighted by Gasteiger charge is -2.31. The second kappa shape index (κ2) is 7.32. The van der Waals surface area contributed by atoms with Gasteiger partial charge in [-0.25, -0.2) is 18.1 Å². The third kappa shape index (κ3) is 4.14. The number of likely N-dealkylation sites (tertiary alicyclic amines) is 1. The third-order valence-electron chi connectivity index (χ3n) is 5.20. The topological polar surface area (TPSA) is 78.1 Å². The largest absolute Gasteiger partial charge is 0.332 e. The molecule has 1 saturated carbocycles. The van der Waals surface area contributed by atoms with E-state index in [0.717, 1.165) is 25.6 Å². The van der Waals surface area contributed by atoms with E-state index in [1.807, 2.05) is 6.92 Å².